The molecule has 0 aliphatic heterocycles. The lowest BCUT2D eigenvalue weighted by Gasteiger charge is -2.01. The first kappa shape index (κ1) is 9.76. The second-order valence-corrected chi connectivity index (χ2v) is 4.68. The first-order chi connectivity index (χ1) is 8.90. The third-order valence-corrected chi connectivity index (χ3v) is 3.53. The molecule has 0 saturated heterocycles. The van der Waals surface area contributed by atoms with Gasteiger partial charge in [0.05, 0.1) is 6.20 Å². The van der Waals surface area contributed by atoms with E-state index in [1.807, 2.05) is 0 Å². The van der Waals surface area contributed by atoms with Crippen molar-refractivity contribution in [3.05, 3.63) is 41.9 Å². The Bertz CT molecular complexity index is 696. The van der Waals surface area contributed by atoms with Crippen molar-refractivity contribution in [3.8, 4) is 11.4 Å². The maximum atomic E-state index is 4.50. The van der Waals surface area contributed by atoms with Crippen molar-refractivity contribution in [2.45, 2.75) is 19.3 Å². The van der Waals surface area contributed by atoms with Crippen LogP contribution in [0.3, 0.4) is 0 Å². The van der Waals surface area contributed by atoms with Crippen LogP contribution in [-0.4, -0.2) is 19.9 Å². The Kier molecular flexibility index (Phi) is 1.97. The zero-order valence-electron chi connectivity index (χ0n) is 9.85. The number of nitrogens with one attached hydrogen (secondary N) is 1. The van der Waals surface area contributed by atoms with Crippen LogP contribution in [0.4, 0.5) is 0 Å². The maximum absolute atomic E-state index is 4.50. The molecular weight excluding hydrogens is 224 g/mol. The SMILES string of the molecule is c1ncc2[nH]c(-c3ccc4c(c3)CCC4)nc2n1. The summed E-state index contributed by atoms with van der Waals surface area (Å²) in [6, 6.07) is 6.60. The minimum Gasteiger partial charge on any atom is -0.335 e. The Labute approximate surface area is 104 Å². The van der Waals surface area contributed by atoms with Crippen molar-refractivity contribution in [1.82, 2.24) is 19.9 Å². The molecule has 0 saturated carbocycles. The van der Waals surface area contributed by atoms with Crippen LogP contribution in [0.1, 0.15) is 17.5 Å². The van der Waals surface area contributed by atoms with Crippen molar-refractivity contribution in [1.29, 1.82) is 0 Å². The van der Waals surface area contributed by atoms with Gasteiger partial charge in [-0.3, -0.25) is 0 Å². The minimum absolute atomic E-state index is 0.723. The van der Waals surface area contributed by atoms with E-state index in [0.29, 0.717) is 0 Å². The molecule has 0 bridgehead atoms. The smallest absolute Gasteiger partial charge is 0.181 e. The Morgan fingerprint density at radius 1 is 1.11 bits per heavy atom. The first-order valence-corrected chi connectivity index (χ1v) is 6.18. The zero-order valence-corrected chi connectivity index (χ0v) is 9.85. The number of hydrogen-bond donors (Lipinski definition) is 1. The molecule has 1 N–H and O–H groups in total. The summed E-state index contributed by atoms with van der Waals surface area (Å²) >= 11 is 0. The second kappa shape index (κ2) is 3.63. The molecule has 0 atom stereocenters. The Morgan fingerprint density at radius 2 is 2.06 bits per heavy atom. The molecule has 0 fully saturated rings. The number of aromatic amines is 1. The average Bonchev–Trinajstić information content (AvgIpc) is 3.04. The highest BCUT2D eigenvalue weighted by Crippen LogP contribution is 2.27. The molecule has 4 rings (SSSR count). The monoisotopic (exact) mass is 236 g/mol. The molecule has 0 spiro atoms. The zero-order chi connectivity index (χ0) is 11.9. The molecule has 1 aliphatic carbocycles. The highest BCUT2D eigenvalue weighted by atomic mass is 15.0. The van der Waals surface area contributed by atoms with Gasteiger partial charge in [-0.15, -0.1) is 0 Å². The fourth-order valence-corrected chi connectivity index (χ4v) is 2.62. The summed E-state index contributed by atoms with van der Waals surface area (Å²) < 4.78 is 0. The molecule has 2 heterocycles. The number of aryl methyl sites for hydroxylation is 2. The number of fused-ring (bicyclic) bond motifs is 2. The van der Waals surface area contributed by atoms with Gasteiger partial charge in [0.15, 0.2) is 5.65 Å². The van der Waals surface area contributed by atoms with E-state index in [-0.39, 0.29) is 0 Å². The van der Waals surface area contributed by atoms with E-state index in [1.165, 1.54) is 36.7 Å². The number of imidazole rings is 1. The van der Waals surface area contributed by atoms with E-state index in [1.54, 1.807) is 6.20 Å². The molecule has 0 unspecified atom stereocenters. The van der Waals surface area contributed by atoms with Crippen LogP contribution in [0, 0.1) is 0 Å². The van der Waals surface area contributed by atoms with E-state index in [4.69, 9.17) is 0 Å². The average molecular weight is 236 g/mol. The van der Waals surface area contributed by atoms with E-state index in [9.17, 15) is 0 Å². The minimum atomic E-state index is 0.723. The van der Waals surface area contributed by atoms with Crippen LogP contribution >= 0.6 is 0 Å². The van der Waals surface area contributed by atoms with Crippen LogP contribution in [0.5, 0.6) is 0 Å². The Morgan fingerprint density at radius 3 is 3.00 bits per heavy atom. The van der Waals surface area contributed by atoms with Gasteiger partial charge < -0.3 is 4.98 Å². The third kappa shape index (κ3) is 1.42. The van der Waals surface area contributed by atoms with Crippen molar-refractivity contribution < 1.29 is 0 Å². The predicted octanol–water partition coefficient (Wildman–Crippen LogP) is 2.51. The predicted molar refractivity (Wildman–Crippen MR) is 69.1 cm³/mol. The summed E-state index contributed by atoms with van der Waals surface area (Å²) in [5.74, 6) is 0.875. The van der Waals surface area contributed by atoms with Crippen LogP contribution in [0.25, 0.3) is 22.6 Å². The Hall–Kier alpha value is -2.23. The van der Waals surface area contributed by atoms with E-state index < -0.39 is 0 Å². The van der Waals surface area contributed by atoms with Crippen molar-refractivity contribution in [2.75, 3.05) is 0 Å². The molecular formula is C14H12N4. The number of hydrogen-bond acceptors (Lipinski definition) is 3. The number of aromatic nitrogens is 4. The van der Waals surface area contributed by atoms with Gasteiger partial charge in [0, 0.05) is 5.56 Å². The highest BCUT2D eigenvalue weighted by molar-refractivity contribution is 5.75. The van der Waals surface area contributed by atoms with Crippen molar-refractivity contribution in [3.63, 3.8) is 0 Å². The molecule has 0 radical (unpaired) electrons. The molecule has 1 aromatic carbocycles. The topological polar surface area (TPSA) is 54.5 Å². The molecule has 88 valence electrons. The second-order valence-electron chi connectivity index (χ2n) is 4.68. The molecule has 3 aromatic rings. The largest absolute Gasteiger partial charge is 0.335 e. The summed E-state index contributed by atoms with van der Waals surface area (Å²) in [6.45, 7) is 0. The van der Waals surface area contributed by atoms with Crippen LogP contribution in [0.2, 0.25) is 0 Å². The number of rotatable bonds is 1. The molecule has 2 aromatic heterocycles. The number of H-pyrrole nitrogens is 1. The van der Waals surface area contributed by atoms with Gasteiger partial charge in [0.1, 0.15) is 17.7 Å². The maximum Gasteiger partial charge on any atom is 0.181 e. The number of nitrogens with zero attached hydrogens (tertiary/aromatic N) is 3. The van der Waals surface area contributed by atoms with Gasteiger partial charge in [-0.2, -0.15) is 0 Å². The van der Waals surface area contributed by atoms with Crippen molar-refractivity contribution >= 4 is 11.2 Å². The lowest BCUT2D eigenvalue weighted by molar-refractivity contribution is 0.912. The molecule has 18 heavy (non-hydrogen) atoms. The van der Waals surface area contributed by atoms with Gasteiger partial charge in [0.2, 0.25) is 0 Å². The Balaban J connectivity index is 1.86. The molecule has 0 amide bonds. The van der Waals surface area contributed by atoms with Gasteiger partial charge in [-0.25, -0.2) is 15.0 Å². The summed E-state index contributed by atoms with van der Waals surface area (Å²) in [5, 5.41) is 0. The molecule has 4 nitrogen and oxygen atoms in total. The van der Waals surface area contributed by atoms with Crippen molar-refractivity contribution in [2.24, 2.45) is 0 Å². The van der Waals surface area contributed by atoms with Crippen LogP contribution in [0.15, 0.2) is 30.7 Å². The van der Waals surface area contributed by atoms with Gasteiger partial charge >= 0.3 is 0 Å². The molecule has 1 aliphatic rings. The summed E-state index contributed by atoms with van der Waals surface area (Å²) in [5.41, 5.74) is 5.68. The van der Waals surface area contributed by atoms with E-state index in [0.717, 1.165) is 22.6 Å². The van der Waals surface area contributed by atoms with Crippen LogP contribution in [-0.2, 0) is 12.8 Å². The summed E-state index contributed by atoms with van der Waals surface area (Å²) in [4.78, 5) is 15.9. The molecule has 4 heteroatoms. The summed E-state index contributed by atoms with van der Waals surface area (Å²) in [6.07, 6.45) is 6.94. The first-order valence-electron chi connectivity index (χ1n) is 6.18. The number of benzene rings is 1. The lowest BCUT2D eigenvalue weighted by Crippen LogP contribution is -1.86. The normalized spacial score (nSPS) is 14.0. The van der Waals surface area contributed by atoms with E-state index >= 15 is 0 Å². The van der Waals surface area contributed by atoms with Gasteiger partial charge in [-0.05, 0) is 36.5 Å². The highest BCUT2D eigenvalue weighted by Gasteiger charge is 2.13. The fraction of sp³-hybridized carbons (Fsp3) is 0.214. The quantitative estimate of drug-likeness (QED) is 0.706. The van der Waals surface area contributed by atoms with Crippen LogP contribution < -0.4 is 0 Å². The lowest BCUT2D eigenvalue weighted by atomic mass is 10.1. The van der Waals surface area contributed by atoms with E-state index in [2.05, 4.69) is 38.1 Å². The standard InChI is InChI=1S/C14H12N4/c1-2-9-4-5-11(6-10(9)3-1)13-17-12-7-15-8-16-14(12)18-13/h4-8H,1-3H2,(H,15,16,17,18). The fourth-order valence-electron chi connectivity index (χ4n) is 2.62. The van der Waals surface area contributed by atoms with Gasteiger partial charge in [0.25, 0.3) is 0 Å². The summed E-state index contributed by atoms with van der Waals surface area (Å²) in [7, 11) is 0. The van der Waals surface area contributed by atoms with Gasteiger partial charge in [-0.1, -0.05) is 12.1 Å². The third-order valence-electron chi connectivity index (χ3n) is 3.53.